The van der Waals surface area contributed by atoms with Crippen LogP contribution in [-0.4, -0.2) is 5.97 Å². The molecule has 0 aliphatic carbocycles. The van der Waals surface area contributed by atoms with Crippen molar-refractivity contribution in [2.75, 3.05) is 0 Å². The largest absolute Gasteiger partial charge is 0.457 e. The van der Waals surface area contributed by atoms with Gasteiger partial charge in [-0.05, 0) is 30.2 Å². The van der Waals surface area contributed by atoms with Crippen LogP contribution >= 0.6 is 0 Å². The fraction of sp³-hybridized carbons (Fsp3) is 0.211. The first-order valence-electron chi connectivity index (χ1n) is 7.41. The molecule has 0 N–H and O–H groups in total. The van der Waals surface area contributed by atoms with E-state index in [9.17, 15) is 4.79 Å². The molecule has 1 aliphatic heterocycles. The standard InChI is InChI=1S/C19H18O3/c1-13(2)10-17-12-15(19(20)22-17)11-16-8-9-18(21-16)14-6-4-3-5-7-14/h3-9,11-13H,10H2,1-2H3/b15-11-. The van der Waals surface area contributed by atoms with Gasteiger partial charge in [-0.25, -0.2) is 4.79 Å². The van der Waals surface area contributed by atoms with E-state index in [0.29, 0.717) is 17.3 Å². The van der Waals surface area contributed by atoms with Crippen LogP contribution in [0.25, 0.3) is 17.4 Å². The second-order valence-corrected chi connectivity index (χ2v) is 5.77. The summed E-state index contributed by atoms with van der Waals surface area (Å²) in [5.41, 5.74) is 1.54. The number of esters is 1. The highest BCUT2D eigenvalue weighted by Gasteiger charge is 2.21. The molecule has 0 bridgehead atoms. The lowest BCUT2D eigenvalue weighted by molar-refractivity contribution is -0.133. The molecule has 1 aromatic heterocycles. The number of allylic oxidation sites excluding steroid dienone is 1. The summed E-state index contributed by atoms with van der Waals surface area (Å²) in [6.07, 6.45) is 4.28. The Bertz CT molecular complexity index is 733. The molecular weight excluding hydrogens is 276 g/mol. The average Bonchev–Trinajstić information content (AvgIpc) is 3.07. The van der Waals surface area contributed by atoms with Gasteiger partial charge in [0.25, 0.3) is 0 Å². The molecular formula is C19H18O3. The van der Waals surface area contributed by atoms with Crippen molar-refractivity contribution < 1.29 is 13.9 Å². The van der Waals surface area contributed by atoms with E-state index in [1.807, 2.05) is 42.5 Å². The Labute approximate surface area is 129 Å². The molecule has 2 heterocycles. The minimum Gasteiger partial charge on any atom is -0.457 e. The molecule has 0 spiro atoms. The number of cyclic esters (lactones) is 1. The van der Waals surface area contributed by atoms with E-state index in [1.54, 1.807) is 12.2 Å². The Hall–Kier alpha value is -2.55. The van der Waals surface area contributed by atoms with Gasteiger partial charge in [0.15, 0.2) is 0 Å². The number of benzene rings is 1. The van der Waals surface area contributed by atoms with Crippen LogP contribution in [0.5, 0.6) is 0 Å². The molecule has 0 saturated carbocycles. The van der Waals surface area contributed by atoms with Crippen molar-refractivity contribution in [3.05, 3.63) is 65.6 Å². The van der Waals surface area contributed by atoms with E-state index in [2.05, 4.69) is 13.8 Å². The molecule has 1 aliphatic rings. The zero-order valence-electron chi connectivity index (χ0n) is 12.7. The number of ether oxygens (including phenoxy) is 1. The molecule has 0 amide bonds. The van der Waals surface area contributed by atoms with Crippen LogP contribution < -0.4 is 0 Å². The monoisotopic (exact) mass is 294 g/mol. The third-order valence-corrected chi connectivity index (χ3v) is 3.37. The summed E-state index contributed by atoms with van der Waals surface area (Å²) in [4.78, 5) is 11.9. The number of carbonyl (C=O) groups excluding carboxylic acids is 1. The molecule has 3 heteroatoms. The summed E-state index contributed by atoms with van der Waals surface area (Å²) in [7, 11) is 0. The molecule has 3 rings (SSSR count). The van der Waals surface area contributed by atoms with Gasteiger partial charge in [0.2, 0.25) is 0 Å². The van der Waals surface area contributed by atoms with Crippen LogP contribution in [0.4, 0.5) is 0 Å². The third-order valence-electron chi connectivity index (χ3n) is 3.37. The highest BCUT2D eigenvalue weighted by atomic mass is 16.5. The highest BCUT2D eigenvalue weighted by molar-refractivity contribution is 5.99. The first-order valence-corrected chi connectivity index (χ1v) is 7.41. The summed E-state index contributed by atoms with van der Waals surface area (Å²) in [6.45, 7) is 4.18. The minimum absolute atomic E-state index is 0.312. The molecule has 0 fully saturated rings. The quantitative estimate of drug-likeness (QED) is 0.599. The topological polar surface area (TPSA) is 39.4 Å². The summed E-state index contributed by atoms with van der Waals surface area (Å²) >= 11 is 0. The molecule has 0 unspecified atom stereocenters. The van der Waals surface area contributed by atoms with Crippen molar-refractivity contribution >= 4 is 12.0 Å². The van der Waals surface area contributed by atoms with E-state index in [4.69, 9.17) is 9.15 Å². The number of rotatable bonds is 4. The normalized spacial score (nSPS) is 16.2. The van der Waals surface area contributed by atoms with Gasteiger partial charge in [0.1, 0.15) is 17.3 Å². The van der Waals surface area contributed by atoms with Crippen LogP contribution in [0.15, 0.2) is 64.3 Å². The second-order valence-electron chi connectivity index (χ2n) is 5.77. The van der Waals surface area contributed by atoms with Gasteiger partial charge in [-0.2, -0.15) is 0 Å². The summed E-state index contributed by atoms with van der Waals surface area (Å²) in [5.74, 6) is 2.29. The predicted octanol–water partition coefficient (Wildman–Crippen LogP) is 4.82. The molecule has 0 radical (unpaired) electrons. The maximum absolute atomic E-state index is 11.9. The molecule has 22 heavy (non-hydrogen) atoms. The maximum Gasteiger partial charge on any atom is 0.343 e. The van der Waals surface area contributed by atoms with Crippen LogP contribution in [0.2, 0.25) is 0 Å². The lowest BCUT2D eigenvalue weighted by Gasteiger charge is -2.03. The Morgan fingerprint density at radius 2 is 1.86 bits per heavy atom. The van der Waals surface area contributed by atoms with Gasteiger partial charge in [-0.15, -0.1) is 0 Å². The van der Waals surface area contributed by atoms with Crippen molar-refractivity contribution in [3.8, 4) is 11.3 Å². The Balaban J connectivity index is 1.82. The second kappa shape index (κ2) is 6.06. The summed E-state index contributed by atoms with van der Waals surface area (Å²) < 4.78 is 11.0. The third kappa shape index (κ3) is 3.19. The fourth-order valence-electron chi connectivity index (χ4n) is 2.38. The Kier molecular flexibility index (Phi) is 3.96. The number of hydrogen-bond donors (Lipinski definition) is 0. The van der Waals surface area contributed by atoms with Crippen LogP contribution in [0.1, 0.15) is 26.0 Å². The molecule has 3 nitrogen and oxygen atoms in total. The van der Waals surface area contributed by atoms with Gasteiger partial charge < -0.3 is 9.15 Å². The van der Waals surface area contributed by atoms with E-state index in [1.165, 1.54) is 0 Å². The Morgan fingerprint density at radius 1 is 1.09 bits per heavy atom. The lowest BCUT2D eigenvalue weighted by atomic mass is 10.1. The predicted molar refractivity (Wildman–Crippen MR) is 85.8 cm³/mol. The van der Waals surface area contributed by atoms with Crippen LogP contribution in [-0.2, 0) is 9.53 Å². The van der Waals surface area contributed by atoms with Gasteiger partial charge in [-0.1, -0.05) is 44.2 Å². The maximum atomic E-state index is 11.9. The van der Waals surface area contributed by atoms with Crippen molar-refractivity contribution in [1.82, 2.24) is 0 Å². The molecule has 0 saturated heterocycles. The SMILES string of the molecule is CC(C)CC1=C/C(=C/c2ccc(-c3ccccc3)o2)C(=O)O1. The van der Waals surface area contributed by atoms with Crippen molar-refractivity contribution in [2.45, 2.75) is 20.3 Å². The average molecular weight is 294 g/mol. The lowest BCUT2D eigenvalue weighted by Crippen LogP contribution is -1.98. The van der Waals surface area contributed by atoms with E-state index >= 15 is 0 Å². The summed E-state index contributed by atoms with van der Waals surface area (Å²) in [6, 6.07) is 13.6. The summed E-state index contributed by atoms with van der Waals surface area (Å²) in [5, 5.41) is 0. The molecule has 1 aromatic carbocycles. The van der Waals surface area contributed by atoms with Gasteiger partial charge in [0.05, 0.1) is 5.57 Å². The smallest absolute Gasteiger partial charge is 0.343 e. The van der Waals surface area contributed by atoms with E-state index < -0.39 is 0 Å². The highest BCUT2D eigenvalue weighted by Crippen LogP contribution is 2.27. The van der Waals surface area contributed by atoms with Crippen molar-refractivity contribution in [2.24, 2.45) is 5.92 Å². The molecule has 112 valence electrons. The number of furan rings is 1. The van der Waals surface area contributed by atoms with Crippen molar-refractivity contribution in [1.29, 1.82) is 0 Å². The zero-order chi connectivity index (χ0) is 15.5. The van der Waals surface area contributed by atoms with Gasteiger partial charge in [0, 0.05) is 12.0 Å². The van der Waals surface area contributed by atoms with Crippen LogP contribution in [0, 0.1) is 5.92 Å². The molecule has 2 aromatic rings. The number of carbonyl (C=O) groups is 1. The van der Waals surface area contributed by atoms with E-state index in [-0.39, 0.29) is 5.97 Å². The number of hydrogen-bond acceptors (Lipinski definition) is 3. The Morgan fingerprint density at radius 3 is 2.59 bits per heavy atom. The molecule has 0 atom stereocenters. The van der Waals surface area contributed by atoms with Crippen molar-refractivity contribution in [3.63, 3.8) is 0 Å². The van der Waals surface area contributed by atoms with Crippen LogP contribution in [0.3, 0.4) is 0 Å². The fourth-order valence-corrected chi connectivity index (χ4v) is 2.38. The van der Waals surface area contributed by atoms with Gasteiger partial charge >= 0.3 is 5.97 Å². The first kappa shape index (κ1) is 14.4. The van der Waals surface area contributed by atoms with Gasteiger partial charge in [-0.3, -0.25) is 0 Å². The zero-order valence-corrected chi connectivity index (χ0v) is 12.7. The van der Waals surface area contributed by atoms with E-state index in [0.717, 1.165) is 23.5 Å². The minimum atomic E-state index is -0.312. The first-order chi connectivity index (χ1) is 10.6.